The first kappa shape index (κ1) is 89.4. The highest BCUT2D eigenvalue weighted by Crippen LogP contribution is 2.42. The molecule has 5 aliphatic carbocycles. The van der Waals surface area contributed by atoms with Crippen molar-refractivity contribution in [1.29, 1.82) is 0 Å². The van der Waals surface area contributed by atoms with E-state index in [0.717, 1.165) is 80.6 Å². The summed E-state index contributed by atoms with van der Waals surface area (Å²) in [6.07, 6.45) is 21.2. The summed E-state index contributed by atoms with van der Waals surface area (Å²) in [5.74, 6) is 5.28. The second kappa shape index (κ2) is 45.5. The van der Waals surface area contributed by atoms with E-state index < -0.39 is 11.4 Å². The number of rotatable bonds is 19. The van der Waals surface area contributed by atoms with Crippen molar-refractivity contribution in [3.8, 4) is 0 Å². The van der Waals surface area contributed by atoms with E-state index in [4.69, 9.17) is 5.11 Å². The summed E-state index contributed by atoms with van der Waals surface area (Å²) < 4.78 is 0. The fourth-order valence-corrected chi connectivity index (χ4v) is 8.38. The number of hydrogen-bond donors (Lipinski definition) is 5. The monoisotopic (exact) mass is 1130 g/mol. The fraction of sp³-hybridized carbons (Fsp3) is 0.986. The molecule has 0 aromatic carbocycles. The van der Waals surface area contributed by atoms with Crippen molar-refractivity contribution < 1.29 is 15.0 Å². The molecule has 484 valence electrons. The van der Waals surface area contributed by atoms with Gasteiger partial charge in [-0.15, -0.1) is 0 Å². The van der Waals surface area contributed by atoms with E-state index in [9.17, 15) is 9.90 Å². The molecule has 0 saturated heterocycles. The van der Waals surface area contributed by atoms with Crippen molar-refractivity contribution in [1.82, 2.24) is 30.7 Å². The molecule has 0 spiro atoms. The zero-order valence-electron chi connectivity index (χ0n) is 58.5. The molecule has 0 amide bonds. The van der Waals surface area contributed by atoms with Crippen LogP contribution in [0.25, 0.3) is 0 Å². The van der Waals surface area contributed by atoms with E-state index in [-0.39, 0.29) is 27.0 Å². The smallest absolute Gasteiger partial charge is 0.309 e. The van der Waals surface area contributed by atoms with E-state index in [2.05, 4.69) is 218 Å². The lowest BCUT2D eigenvalue weighted by Gasteiger charge is -2.41. The van der Waals surface area contributed by atoms with Crippen molar-refractivity contribution >= 4 is 5.97 Å². The number of carbonyl (C=O) groups is 1. The summed E-state index contributed by atoms with van der Waals surface area (Å²) >= 11 is 0. The minimum atomic E-state index is -0.565. The van der Waals surface area contributed by atoms with Crippen LogP contribution in [0.4, 0.5) is 0 Å². The van der Waals surface area contributed by atoms with Gasteiger partial charge in [-0.25, -0.2) is 0 Å². The average molecular weight is 1130 g/mol. The zero-order valence-corrected chi connectivity index (χ0v) is 58.5. The first-order valence-electron chi connectivity index (χ1n) is 32.2. The summed E-state index contributed by atoms with van der Waals surface area (Å²) in [5.41, 5.74) is 1.06. The van der Waals surface area contributed by atoms with Gasteiger partial charge in [0, 0.05) is 52.9 Å². The van der Waals surface area contributed by atoms with Gasteiger partial charge in [-0.2, -0.15) is 0 Å². The third-order valence-corrected chi connectivity index (χ3v) is 18.0. The lowest BCUT2D eigenvalue weighted by Crippen LogP contribution is -2.51. The van der Waals surface area contributed by atoms with Gasteiger partial charge in [0.25, 0.3) is 0 Å². The van der Waals surface area contributed by atoms with Crippen molar-refractivity contribution in [3.05, 3.63) is 0 Å². The van der Waals surface area contributed by atoms with E-state index in [1.165, 1.54) is 70.6 Å². The molecule has 79 heavy (non-hydrogen) atoms. The number of nitrogens with zero attached hydrogens (tertiary/aromatic N) is 3. The maximum atomic E-state index is 11.5. The molecule has 9 nitrogen and oxygen atoms in total. The molecule has 0 bridgehead atoms. The van der Waals surface area contributed by atoms with Crippen molar-refractivity contribution in [2.45, 2.75) is 357 Å². The molecule has 1 atom stereocenters. The SMILES string of the molecule is C.C.CC(C)C(C)(C)C.CC(C)C(C)C1CC1.CC(C)C1CC1.CC(C)N(C)C.CC(C)N(C)C(C)(C)CO.CC(C)N(C)CCCC1(C(=O)O)CCCCC1.CC(C)NC1(C)CCC1.CCC1(NC(C)C)CC1.CNC(C)C. The minimum absolute atomic E-state index is 0. The fourth-order valence-electron chi connectivity index (χ4n) is 8.38. The van der Waals surface area contributed by atoms with Gasteiger partial charge in [-0.3, -0.25) is 9.69 Å². The van der Waals surface area contributed by atoms with Gasteiger partial charge in [0.15, 0.2) is 0 Å². The Balaban J connectivity index is -0.000000194. The van der Waals surface area contributed by atoms with Crippen LogP contribution in [0.2, 0.25) is 0 Å². The lowest BCUT2D eigenvalue weighted by molar-refractivity contribution is -0.151. The number of hydrogen-bond acceptors (Lipinski definition) is 8. The Bertz CT molecular complexity index is 1330. The van der Waals surface area contributed by atoms with Gasteiger partial charge in [0.2, 0.25) is 0 Å². The van der Waals surface area contributed by atoms with Crippen LogP contribution < -0.4 is 16.0 Å². The molecule has 0 heterocycles. The van der Waals surface area contributed by atoms with Gasteiger partial charge in [-0.05, 0) is 235 Å². The Labute approximate surface area is 501 Å². The molecule has 0 aromatic rings. The minimum Gasteiger partial charge on any atom is -0.481 e. The normalized spacial score (nSPS) is 18.0. The van der Waals surface area contributed by atoms with E-state index >= 15 is 0 Å². The highest BCUT2D eigenvalue weighted by atomic mass is 16.4. The summed E-state index contributed by atoms with van der Waals surface area (Å²) in [6.45, 7) is 58.8. The molecule has 5 saturated carbocycles. The molecular weight excluding hydrogens is 973 g/mol. The third-order valence-electron chi connectivity index (χ3n) is 18.0. The van der Waals surface area contributed by atoms with Crippen LogP contribution in [-0.2, 0) is 4.79 Å². The number of carboxylic acids is 1. The van der Waals surface area contributed by atoms with Gasteiger partial charge in [-0.1, -0.05) is 152 Å². The molecule has 0 radical (unpaired) electrons. The number of likely N-dealkylation sites (N-methyl/N-ethyl adjacent to an activating group) is 1. The van der Waals surface area contributed by atoms with Crippen LogP contribution in [0.1, 0.15) is 304 Å². The Morgan fingerprint density at radius 3 is 1.16 bits per heavy atom. The van der Waals surface area contributed by atoms with Gasteiger partial charge in [0.05, 0.1) is 12.0 Å². The van der Waals surface area contributed by atoms with Crippen LogP contribution in [0, 0.1) is 46.3 Å². The molecule has 9 heteroatoms. The van der Waals surface area contributed by atoms with E-state index in [1.807, 2.05) is 27.9 Å². The molecule has 0 aromatic heterocycles. The van der Waals surface area contributed by atoms with E-state index in [0.29, 0.717) is 52.7 Å². The third kappa shape index (κ3) is 48.2. The average Bonchev–Trinajstić information content (AvgIpc) is 4.16. The zero-order chi connectivity index (χ0) is 61.3. The summed E-state index contributed by atoms with van der Waals surface area (Å²) in [7, 11) is 10.2. The topological polar surface area (TPSA) is 103 Å². The number of nitrogens with one attached hydrogen (secondary N) is 3. The lowest BCUT2D eigenvalue weighted by atomic mass is 9.71. The first-order valence-corrected chi connectivity index (χ1v) is 32.2. The summed E-state index contributed by atoms with van der Waals surface area (Å²) in [5, 5.41) is 28.6. The number of aliphatic carboxylic acids is 1. The van der Waals surface area contributed by atoms with Crippen LogP contribution >= 0.6 is 0 Å². The Morgan fingerprint density at radius 1 is 0.608 bits per heavy atom. The number of carboxylic acid groups (broad SMARTS) is 1. The molecule has 0 aliphatic heterocycles. The molecule has 1 unspecified atom stereocenters. The van der Waals surface area contributed by atoms with Crippen LogP contribution in [0.5, 0.6) is 0 Å². The van der Waals surface area contributed by atoms with E-state index in [1.54, 1.807) is 0 Å². The van der Waals surface area contributed by atoms with Crippen LogP contribution in [0.15, 0.2) is 0 Å². The molecule has 5 rings (SSSR count). The number of aliphatic hydroxyl groups excluding tert-OH is 1. The highest BCUT2D eigenvalue weighted by Gasteiger charge is 2.41. The Kier molecular flexibility index (Phi) is 51.5. The quantitative estimate of drug-likeness (QED) is 0.0865. The van der Waals surface area contributed by atoms with Crippen LogP contribution in [-0.4, -0.2) is 132 Å². The molecule has 5 aliphatic rings. The highest BCUT2D eigenvalue weighted by molar-refractivity contribution is 5.74. The number of aliphatic hydroxyl groups is 1. The first-order chi connectivity index (χ1) is 35.1. The van der Waals surface area contributed by atoms with Crippen molar-refractivity contribution in [2.24, 2.45) is 46.3 Å². The van der Waals surface area contributed by atoms with Crippen molar-refractivity contribution in [3.63, 3.8) is 0 Å². The molecular formula is C70H156N6O3. The second-order valence-corrected chi connectivity index (χ2v) is 29.7. The molecule has 5 fully saturated rings. The standard InChI is InChI=1S/C14H27NO2.C8H19NO.2C8H17N.C8H16.C7H16.C6H12.C5H13N.C4H11N.2CH4/c1-12(2)15(3)11-7-10-14(13(16)17)8-5-4-6-9-14;1-7(2)9(5)8(3,4)6-10;1-7(2)9-8(3)5-4-6-8;1-4-8(5-6-8)9-7(2)3;1-6(2)7(3)8-4-5-8;1-6(2)7(3,4)5;1-5(2)6-3-4-6;1-5(2)6(3)4;1-4(2)5-3;;/h12H,4-11H2,1-3H3,(H,16,17);7,10H,6H2,1-5H3;2*7,9H,4-6H2,1-3H3;6-8H,4-5H2,1-3H3;6H,1-5H3;5-6H,3-4H2,1-2H3;5H,1-4H3;4-5H,1-3H3;2*1H4. The molecule has 5 N–H and O–H groups in total. The van der Waals surface area contributed by atoms with Gasteiger partial charge in [0.1, 0.15) is 0 Å². The predicted molar refractivity (Wildman–Crippen MR) is 360 cm³/mol. The predicted octanol–water partition coefficient (Wildman–Crippen LogP) is 18.4. The maximum absolute atomic E-state index is 11.5. The van der Waals surface area contributed by atoms with Gasteiger partial charge < -0.3 is 36.0 Å². The Hall–Kier alpha value is -0.810. The largest absolute Gasteiger partial charge is 0.481 e. The van der Waals surface area contributed by atoms with Gasteiger partial charge >= 0.3 is 5.97 Å². The maximum Gasteiger partial charge on any atom is 0.309 e. The second-order valence-electron chi connectivity index (χ2n) is 29.7. The summed E-state index contributed by atoms with van der Waals surface area (Å²) in [6, 6.07) is 3.66. The van der Waals surface area contributed by atoms with Crippen LogP contribution in [0.3, 0.4) is 0 Å². The Morgan fingerprint density at radius 2 is 1.01 bits per heavy atom. The summed E-state index contributed by atoms with van der Waals surface area (Å²) in [4.78, 5) is 18.1. The van der Waals surface area contributed by atoms with Crippen molar-refractivity contribution in [2.75, 3.05) is 48.4 Å².